The Hall–Kier alpha value is -0.520. The van der Waals surface area contributed by atoms with E-state index < -0.39 is 0 Å². The molecule has 0 aromatic carbocycles. The van der Waals surface area contributed by atoms with E-state index >= 15 is 0 Å². The van der Waals surface area contributed by atoms with Crippen molar-refractivity contribution in [2.45, 2.75) is 25.7 Å². The summed E-state index contributed by atoms with van der Waals surface area (Å²) in [6, 6.07) is 0. The van der Waals surface area contributed by atoms with E-state index in [4.69, 9.17) is 0 Å². The molecule has 0 aromatic rings. The first-order chi connectivity index (χ1) is 4.36. The fourth-order valence-electron chi connectivity index (χ4n) is 2.00. The number of hydrogen-bond donors (Lipinski definition) is 0. The van der Waals surface area contributed by atoms with Crippen molar-refractivity contribution in [3.63, 3.8) is 0 Å². The van der Waals surface area contributed by atoms with Gasteiger partial charge in [-0.05, 0) is 31.6 Å². The molecule has 0 amide bonds. The van der Waals surface area contributed by atoms with Crippen molar-refractivity contribution in [3.05, 3.63) is 23.8 Å². The molecule has 0 heterocycles. The minimum atomic E-state index is 0.914. The number of fused-ring (bicyclic) bond motifs is 1. The van der Waals surface area contributed by atoms with Gasteiger partial charge in [-0.2, -0.15) is 0 Å². The van der Waals surface area contributed by atoms with Gasteiger partial charge in [0.2, 0.25) is 0 Å². The molecule has 9 heavy (non-hydrogen) atoms. The highest BCUT2D eigenvalue weighted by Gasteiger charge is 2.25. The van der Waals surface area contributed by atoms with Crippen molar-refractivity contribution in [2.24, 2.45) is 5.92 Å². The number of allylic oxidation sites excluding steroid dienone is 3. The second-order valence-corrected chi connectivity index (χ2v) is 3.17. The molecular formula is C9H12. The van der Waals surface area contributed by atoms with Crippen LogP contribution in [0.5, 0.6) is 0 Å². The first-order valence-corrected chi connectivity index (χ1v) is 3.74. The van der Waals surface area contributed by atoms with Gasteiger partial charge in [0.25, 0.3) is 0 Å². The lowest BCUT2D eigenvalue weighted by molar-refractivity contribution is 0.648. The topological polar surface area (TPSA) is 0 Å². The molecule has 1 unspecified atom stereocenters. The highest BCUT2D eigenvalue weighted by Crippen LogP contribution is 2.40. The van der Waals surface area contributed by atoms with Gasteiger partial charge in [0.15, 0.2) is 0 Å². The monoisotopic (exact) mass is 120 g/mol. The minimum Gasteiger partial charge on any atom is -0.0958 e. The second-order valence-electron chi connectivity index (χ2n) is 3.17. The van der Waals surface area contributed by atoms with E-state index in [1.54, 1.807) is 5.57 Å². The second kappa shape index (κ2) is 1.73. The summed E-state index contributed by atoms with van der Waals surface area (Å²) in [5.74, 6) is 0.914. The van der Waals surface area contributed by atoms with E-state index in [0.29, 0.717) is 0 Å². The Morgan fingerprint density at radius 1 is 1.56 bits per heavy atom. The lowest BCUT2D eigenvalue weighted by Crippen LogP contribution is -1.87. The maximum absolute atomic E-state index is 3.96. The van der Waals surface area contributed by atoms with Gasteiger partial charge in [0.1, 0.15) is 0 Å². The summed E-state index contributed by atoms with van der Waals surface area (Å²) in [5.41, 5.74) is 3.04. The molecule has 0 nitrogen and oxygen atoms in total. The van der Waals surface area contributed by atoms with Crippen LogP contribution in [0.15, 0.2) is 23.8 Å². The predicted octanol–water partition coefficient (Wildman–Crippen LogP) is 2.67. The zero-order valence-electron chi connectivity index (χ0n) is 5.69. The highest BCUT2D eigenvalue weighted by molar-refractivity contribution is 5.32. The van der Waals surface area contributed by atoms with Crippen molar-refractivity contribution in [1.29, 1.82) is 0 Å². The van der Waals surface area contributed by atoms with E-state index in [0.717, 1.165) is 5.92 Å². The third-order valence-corrected chi connectivity index (χ3v) is 2.44. The first-order valence-electron chi connectivity index (χ1n) is 3.74. The summed E-state index contributed by atoms with van der Waals surface area (Å²) in [6.45, 7) is 3.96. The fourth-order valence-corrected chi connectivity index (χ4v) is 2.00. The van der Waals surface area contributed by atoms with E-state index in [2.05, 4.69) is 12.7 Å². The summed E-state index contributed by atoms with van der Waals surface area (Å²) in [5, 5.41) is 0. The maximum atomic E-state index is 3.96. The van der Waals surface area contributed by atoms with Crippen LogP contribution in [0.3, 0.4) is 0 Å². The Morgan fingerprint density at radius 3 is 3.22 bits per heavy atom. The Labute approximate surface area is 56.3 Å². The molecule has 48 valence electrons. The SMILES string of the molecule is C=C1C=C2CCCC2C1. The van der Waals surface area contributed by atoms with Crippen LogP contribution in [0.1, 0.15) is 25.7 Å². The van der Waals surface area contributed by atoms with Crippen molar-refractivity contribution < 1.29 is 0 Å². The van der Waals surface area contributed by atoms with Gasteiger partial charge in [0, 0.05) is 0 Å². The molecule has 0 bridgehead atoms. The smallest absolute Gasteiger partial charge is 0.0160 e. The summed E-state index contributed by atoms with van der Waals surface area (Å²) in [7, 11) is 0. The molecule has 0 radical (unpaired) electrons. The molecule has 0 saturated heterocycles. The standard InChI is InChI=1S/C9H12/c1-7-5-8-3-2-4-9(8)6-7/h5,9H,1-4,6H2. The van der Waals surface area contributed by atoms with Gasteiger partial charge < -0.3 is 0 Å². The summed E-state index contributed by atoms with van der Waals surface area (Å²) in [6.07, 6.45) is 7.76. The molecule has 1 atom stereocenters. The number of hydrogen-bond acceptors (Lipinski definition) is 0. The zero-order chi connectivity index (χ0) is 6.27. The van der Waals surface area contributed by atoms with Gasteiger partial charge in [-0.1, -0.05) is 23.8 Å². The molecule has 0 aromatic heterocycles. The summed E-state index contributed by atoms with van der Waals surface area (Å²) >= 11 is 0. The molecular weight excluding hydrogens is 108 g/mol. The Morgan fingerprint density at radius 2 is 2.44 bits per heavy atom. The molecule has 2 rings (SSSR count). The Kier molecular flexibility index (Phi) is 1.01. The largest absolute Gasteiger partial charge is 0.0958 e. The highest BCUT2D eigenvalue weighted by atomic mass is 14.3. The minimum absolute atomic E-state index is 0.914. The van der Waals surface area contributed by atoms with Crippen LogP contribution in [-0.4, -0.2) is 0 Å². The number of rotatable bonds is 0. The summed E-state index contributed by atoms with van der Waals surface area (Å²) < 4.78 is 0. The third kappa shape index (κ3) is 0.735. The van der Waals surface area contributed by atoms with Crippen LogP contribution < -0.4 is 0 Å². The molecule has 2 aliphatic rings. The normalized spacial score (nSPS) is 32.7. The van der Waals surface area contributed by atoms with Crippen molar-refractivity contribution in [2.75, 3.05) is 0 Å². The van der Waals surface area contributed by atoms with Gasteiger partial charge in [-0.25, -0.2) is 0 Å². The fraction of sp³-hybridized carbons (Fsp3) is 0.556. The van der Waals surface area contributed by atoms with Crippen LogP contribution in [-0.2, 0) is 0 Å². The molecule has 0 aliphatic heterocycles. The van der Waals surface area contributed by atoms with E-state index in [1.807, 2.05) is 0 Å². The average molecular weight is 120 g/mol. The van der Waals surface area contributed by atoms with Crippen LogP contribution >= 0.6 is 0 Å². The van der Waals surface area contributed by atoms with E-state index in [1.165, 1.54) is 31.3 Å². The predicted molar refractivity (Wildman–Crippen MR) is 39.2 cm³/mol. The molecule has 1 fully saturated rings. The van der Waals surface area contributed by atoms with E-state index in [-0.39, 0.29) is 0 Å². The lowest BCUT2D eigenvalue weighted by atomic mass is 10.1. The molecule has 0 heteroatoms. The van der Waals surface area contributed by atoms with Crippen LogP contribution in [0.2, 0.25) is 0 Å². The first kappa shape index (κ1) is 5.28. The average Bonchev–Trinajstić information content (AvgIpc) is 2.22. The third-order valence-electron chi connectivity index (χ3n) is 2.44. The van der Waals surface area contributed by atoms with Crippen molar-refractivity contribution in [3.8, 4) is 0 Å². The molecule has 2 aliphatic carbocycles. The maximum Gasteiger partial charge on any atom is -0.0160 e. The Balaban J connectivity index is 2.27. The lowest BCUT2D eigenvalue weighted by Gasteiger charge is -1.99. The zero-order valence-corrected chi connectivity index (χ0v) is 5.69. The Bertz CT molecular complexity index is 174. The quantitative estimate of drug-likeness (QED) is 0.461. The van der Waals surface area contributed by atoms with Crippen LogP contribution in [0.25, 0.3) is 0 Å². The van der Waals surface area contributed by atoms with Crippen LogP contribution in [0.4, 0.5) is 0 Å². The molecule has 0 spiro atoms. The van der Waals surface area contributed by atoms with Crippen molar-refractivity contribution >= 4 is 0 Å². The molecule has 1 saturated carbocycles. The van der Waals surface area contributed by atoms with Gasteiger partial charge in [0.05, 0.1) is 0 Å². The summed E-state index contributed by atoms with van der Waals surface area (Å²) in [4.78, 5) is 0. The van der Waals surface area contributed by atoms with Gasteiger partial charge >= 0.3 is 0 Å². The van der Waals surface area contributed by atoms with Crippen molar-refractivity contribution in [1.82, 2.24) is 0 Å². The molecule has 0 N–H and O–H groups in total. The van der Waals surface area contributed by atoms with E-state index in [9.17, 15) is 0 Å². The van der Waals surface area contributed by atoms with Gasteiger partial charge in [-0.15, -0.1) is 0 Å². The van der Waals surface area contributed by atoms with Crippen LogP contribution in [0, 0.1) is 5.92 Å². The van der Waals surface area contributed by atoms with Gasteiger partial charge in [-0.3, -0.25) is 0 Å².